The van der Waals surface area contributed by atoms with Crippen LogP contribution < -0.4 is 5.32 Å². The number of hydrogen-bond donors (Lipinski definition) is 1. The van der Waals surface area contributed by atoms with Gasteiger partial charge in [0.05, 0.1) is 26.4 Å². The topological polar surface area (TPSA) is 30.5 Å². The Morgan fingerprint density at radius 3 is 1.89 bits per heavy atom. The number of ether oxygens (including phenoxy) is 2. The van der Waals surface area contributed by atoms with Gasteiger partial charge in [0.1, 0.15) is 0 Å². The summed E-state index contributed by atoms with van der Waals surface area (Å²) in [6, 6.07) is 0. The van der Waals surface area contributed by atoms with Crippen molar-refractivity contribution in [2.45, 2.75) is 0 Å². The van der Waals surface area contributed by atoms with Gasteiger partial charge in [0.25, 0.3) is 0 Å². The summed E-state index contributed by atoms with van der Waals surface area (Å²) in [5.74, 6) is 0. The maximum Gasteiger partial charge on any atom is 0.0701 e. The molecule has 0 unspecified atom stereocenters. The molecule has 1 saturated heterocycles. The minimum absolute atomic E-state index is 0.738. The van der Waals surface area contributed by atoms with Gasteiger partial charge in [-0.2, -0.15) is 0 Å². The van der Waals surface area contributed by atoms with E-state index in [1.807, 2.05) is 0 Å². The van der Waals surface area contributed by atoms with Crippen molar-refractivity contribution in [3.05, 3.63) is 0 Å². The molecule has 3 nitrogen and oxygen atoms in total. The zero-order valence-electron chi connectivity index (χ0n) is 5.56. The van der Waals surface area contributed by atoms with E-state index in [1.165, 1.54) is 0 Å². The molecule has 1 fully saturated rings. The lowest BCUT2D eigenvalue weighted by molar-refractivity contribution is 0.0629. The fraction of sp³-hybridized carbons (Fsp3) is 1.00. The van der Waals surface area contributed by atoms with Crippen LogP contribution in [0.3, 0.4) is 0 Å². The normalized spacial score (nSPS) is 24.0. The molecule has 0 bridgehead atoms. The van der Waals surface area contributed by atoms with E-state index >= 15 is 0 Å². The Morgan fingerprint density at radius 1 is 0.778 bits per heavy atom. The van der Waals surface area contributed by atoms with Gasteiger partial charge in [0.15, 0.2) is 0 Å². The van der Waals surface area contributed by atoms with E-state index in [2.05, 4.69) is 5.32 Å². The fourth-order valence-corrected chi connectivity index (χ4v) is 0.736. The molecule has 0 aliphatic carbocycles. The van der Waals surface area contributed by atoms with Crippen molar-refractivity contribution in [2.75, 3.05) is 39.5 Å². The highest BCUT2D eigenvalue weighted by molar-refractivity contribution is 4.47. The average molecular weight is 131 g/mol. The summed E-state index contributed by atoms with van der Waals surface area (Å²) in [5.41, 5.74) is 0. The largest absolute Gasteiger partial charge is 0.378 e. The highest BCUT2D eigenvalue weighted by atomic mass is 16.5. The van der Waals surface area contributed by atoms with Crippen LogP contribution in [-0.4, -0.2) is 39.5 Å². The molecule has 0 atom stereocenters. The van der Waals surface area contributed by atoms with Gasteiger partial charge in [0, 0.05) is 13.1 Å². The van der Waals surface area contributed by atoms with E-state index in [0.29, 0.717) is 0 Å². The highest BCUT2D eigenvalue weighted by Gasteiger charge is 1.93. The Labute approximate surface area is 55.3 Å². The predicted molar refractivity (Wildman–Crippen MR) is 34.5 cm³/mol. The SMILES string of the molecule is C1COCCOCCN1. The Kier molecular flexibility index (Phi) is 3.68. The fourth-order valence-electron chi connectivity index (χ4n) is 0.736. The first-order valence-electron chi connectivity index (χ1n) is 3.36. The van der Waals surface area contributed by atoms with E-state index in [1.54, 1.807) is 0 Å². The number of hydrogen-bond acceptors (Lipinski definition) is 3. The quantitative estimate of drug-likeness (QED) is 0.486. The van der Waals surface area contributed by atoms with E-state index in [9.17, 15) is 0 Å². The molecule has 1 aliphatic rings. The second kappa shape index (κ2) is 4.73. The first kappa shape index (κ1) is 6.99. The summed E-state index contributed by atoms with van der Waals surface area (Å²) in [6.07, 6.45) is 0. The third-order valence-corrected chi connectivity index (χ3v) is 1.22. The summed E-state index contributed by atoms with van der Waals surface area (Å²) in [4.78, 5) is 0. The van der Waals surface area contributed by atoms with Crippen LogP contribution in [0.15, 0.2) is 0 Å². The lowest BCUT2D eigenvalue weighted by Gasteiger charge is -1.98. The van der Waals surface area contributed by atoms with Crippen LogP contribution in [0.2, 0.25) is 0 Å². The second-order valence-electron chi connectivity index (χ2n) is 1.97. The maximum absolute atomic E-state index is 5.17. The smallest absolute Gasteiger partial charge is 0.0701 e. The number of rotatable bonds is 0. The van der Waals surface area contributed by atoms with Crippen molar-refractivity contribution in [3.63, 3.8) is 0 Å². The standard InChI is InChI=1S/C6H13NO2/c1-3-8-5-6-9-4-2-7-1/h7H,1-6H2. The van der Waals surface area contributed by atoms with E-state index in [-0.39, 0.29) is 0 Å². The van der Waals surface area contributed by atoms with E-state index in [4.69, 9.17) is 9.47 Å². The summed E-state index contributed by atoms with van der Waals surface area (Å²) >= 11 is 0. The molecule has 54 valence electrons. The van der Waals surface area contributed by atoms with Crippen molar-refractivity contribution in [1.82, 2.24) is 5.32 Å². The molecular formula is C6H13NO2. The predicted octanol–water partition coefficient (Wildman–Crippen LogP) is -0.377. The molecule has 0 amide bonds. The third kappa shape index (κ3) is 3.46. The van der Waals surface area contributed by atoms with Crippen LogP contribution in [-0.2, 0) is 9.47 Å². The molecule has 1 rings (SSSR count). The molecule has 0 spiro atoms. The first-order chi connectivity index (χ1) is 4.50. The van der Waals surface area contributed by atoms with Crippen LogP contribution in [0.5, 0.6) is 0 Å². The van der Waals surface area contributed by atoms with Gasteiger partial charge in [-0.25, -0.2) is 0 Å². The lowest BCUT2D eigenvalue weighted by Crippen LogP contribution is -2.21. The molecule has 0 radical (unpaired) electrons. The highest BCUT2D eigenvalue weighted by Crippen LogP contribution is 1.80. The van der Waals surface area contributed by atoms with Gasteiger partial charge in [0.2, 0.25) is 0 Å². The van der Waals surface area contributed by atoms with Gasteiger partial charge >= 0.3 is 0 Å². The van der Waals surface area contributed by atoms with Crippen LogP contribution in [0, 0.1) is 0 Å². The molecule has 1 N–H and O–H groups in total. The van der Waals surface area contributed by atoms with Crippen molar-refractivity contribution >= 4 is 0 Å². The Morgan fingerprint density at radius 2 is 1.33 bits per heavy atom. The molecule has 3 heteroatoms. The van der Waals surface area contributed by atoms with Crippen LogP contribution >= 0.6 is 0 Å². The van der Waals surface area contributed by atoms with Gasteiger partial charge < -0.3 is 14.8 Å². The van der Waals surface area contributed by atoms with Crippen molar-refractivity contribution in [1.29, 1.82) is 0 Å². The second-order valence-corrected chi connectivity index (χ2v) is 1.97. The summed E-state index contributed by atoms with van der Waals surface area (Å²) in [6.45, 7) is 4.99. The molecular weight excluding hydrogens is 118 g/mol. The summed E-state index contributed by atoms with van der Waals surface area (Å²) in [7, 11) is 0. The molecule has 0 saturated carbocycles. The van der Waals surface area contributed by atoms with Gasteiger partial charge in [-0.3, -0.25) is 0 Å². The lowest BCUT2D eigenvalue weighted by atomic mass is 10.6. The van der Waals surface area contributed by atoms with Gasteiger partial charge in [-0.15, -0.1) is 0 Å². The van der Waals surface area contributed by atoms with E-state index in [0.717, 1.165) is 39.5 Å². The zero-order valence-corrected chi connectivity index (χ0v) is 5.56. The van der Waals surface area contributed by atoms with Crippen LogP contribution in [0.25, 0.3) is 0 Å². The zero-order chi connectivity index (χ0) is 6.36. The number of nitrogens with one attached hydrogen (secondary N) is 1. The van der Waals surface area contributed by atoms with Crippen LogP contribution in [0.1, 0.15) is 0 Å². The third-order valence-electron chi connectivity index (χ3n) is 1.22. The summed E-state index contributed by atoms with van der Waals surface area (Å²) < 4.78 is 10.3. The summed E-state index contributed by atoms with van der Waals surface area (Å²) in [5, 5.41) is 3.18. The minimum atomic E-state index is 0.738. The first-order valence-corrected chi connectivity index (χ1v) is 3.36. The van der Waals surface area contributed by atoms with Crippen molar-refractivity contribution in [2.24, 2.45) is 0 Å². The van der Waals surface area contributed by atoms with Crippen molar-refractivity contribution in [3.8, 4) is 0 Å². The van der Waals surface area contributed by atoms with Gasteiger partial charge in [-0.1, -0.05) is 0 Å². The maximum atomic E-state index is 5.17. The molecule has 0 aromatic carbocycles. The Hall–Kier alpha value is -0.120. The van der Waals surface area contributed by atoms with Crippen LogP contribution in [0.4, 0.5) is 0 Å². The Bertz CT molecular complexity index is 39.5. The van der Waals surface area contributed by atoms with E-state index < -0.39 is 0 Å². The Balaban J connectivity index is 2.02. The van der Waals surface area contributed by atoms with Crippen molar-refractivity contribution < 1.29 is 9.47 Å². The van der Waals surface area contributed by atoms with Gasteiger partial charge in [-0.05, 0) is 0 Å². The molecule has 9 heavy (non-hydrogen) atoms. The monoisotopic (exact) mass is 131 g/mol. The molecule has 1 aliphatic heterocycles. The molecule has 0 aromatic rings. The average Bonchev–Trinajstić information content (AvgIpc) is 2.00. The molecule has 0 aromatic heterocycles. The minimum Gasteiger partial charge on any atom is -0.378 e. The molecule has 1 heterocycles.